The summed E-state index contributed by atoms with van der Waals surface area (Å²) in [4.78, 5) is 9.83. The van der Waals surface area contributed by atoms with Crippen molar-refractivity contribution in [3.8, 4) is 0 Å². The van der Waals surface area contributed by atoms with Crippen molar-refractivity contribution in [1.82, 2.24) is 0 Å². The van der Waals surface area contributed by atoms with Crippen LogP contribution in [-0.2, 0) is 9.53 Å². The van der Waals surface area contributed by atoms with Crippen molar-refractivity contribution in [2.75, 3.05) is 6.61 Å². The van der Waals surface area contributed by atoms with Crippen molar-refractivity contribution in [3.05, 3.63) is 0 Å². The van der Waals surface area contributed by atoms with E-state index in [1.54, 1.807) is 0 Å². The molecule has 2 nitrogen and oxygen atoms in total. The van der Waals surface area contributed by atoms with E-state index in [1.807, 2.05) is 0 Å². The lowest BCUT2D eigenvalue weighted by Crippen LogP contribution is -2.12. The molecule has 0 aromatic heterocycles. The van der Waals surface area contributed by atoms with Crippen LogP contribution in [0.25, 0.3) is 0 Å². The van der Waals surface area contributed by atoms with Gasteiger partial charge in [0.25, 0.3) is 6.47 Å². The summed E-state index contributed by atoms with van der Waals surface area (Å²) in [6.45, 7) is 10.3. The maximum atomic E-state index is 9.83. The third kappa shape index (κ3) is 10.6. The first-order valence-electron chi connectivity index (χ1n) is 7.65. The van der Waals surface area contributed by atoms with Crippen LogP contribution in [0.5, 0.6) is 0 Å². The van der Waals surface area contributed by atoms with Gasteiger partial charge in [-0.05, 0) is 37.0 Å². The summed E-state index contributed by atoms with van der Waals surface area (Å²) in [5.41, 5.74) is 0. The van der Waals surface area contributed by atoms with Crippen LogP contribution in [0.4, 0.5) is 0 Å². The van der Waals surface area contributed by atoms with Crippen molar-refractivity contribution in [3.63, 3.8) is 0 Å². The average molecular weight is 256 g/mol. The second kappa shape index (κ2) is 11.6. The fraction of sp³-hybridized carbons (Fsp3) is 0.938. The summed E-state index contributed by atoms with van der Waals surface area (Å²) < 4.78 is 4.69. The van der Waals surface area contributed by atoms with E-state index in [0.717, 1.165) is 11.8 Å². The molecule has 0 bridgehead atoms. The minimum atomic E-state index is 0.550. The molecule has 0 amide bonds. The van der Waals surface area contributed by atoms with Gasteiger partial charge in [-0.25, -0.2) is 0 Å². The largest absolute Gasteiger partial charge is 0.468 e. The van der Waals surface area contributed by atoms with Gasteiger partial charge in [0.2, 0.25) is 0 Å². The Kier molecular flexibility index (Phi) is 11.2. The molecule has 2 heteroatoms. The topological polar surface area (TPSA) is 26.3 Å². The number of carbonyl (C=O) groups excluding carboxylic acids is 1. The highest BCUT2D eigenvalue weighted by atomic mass is 16.5. The first kappa shape index (κ1) is 17.5. The molecule has 108 valence electrons. The van der Waals surface area contributed by atoms with E-state index in [-0.39, 0.29) is 0 Å². The number of rotatable bonds is 6. The van der Waals surface area contributed by atoms with Gasteiger partial charge < -0.3 is 4.74 Å². The van der Waals surface area contributed by atoms with Gasteiger partial charge in [0.15, 0.2) is 0 Å². The lowest BCUT2D eigenvalue weighted by molar-refractivity contribution is -0.130. The summed E-state index contributed by atoms with van der Waals surface area (Å²) in [6.07, 6.45) is 9.19. The van der Waals surface area contributed by atoms with Crippen LogP contribution >= 0.6 is 0 Å². The third-order valence-corrected chi connectivity index (χ3v) is 3.70. The van der Waals surface area contributed by atoms with Crippen LogP contribution in [0.1, 0.15) is 72.6 Å². The normalized spacial score (nSPS) is 17.8. The Morgan fingerprint density at radius 3 is 2.17 bits per heavy atom. The van der Waals surface area contributed by atoms with Gasteiger partial charge in [-0.1, -0.05) is 53.4 Å². The Labute approximate surface area is 113 Å². The van der Waals surface area contributed by atoms with E-state index in [4.69, 9.17) is 4.74 Å². The molecule has 0 aliphatic heterocycles. The summed E-state index contributed by atoms with van der Waals surface area (Å²) in [5.74, 6) is 2.46. The fourth-order valence-corrected chi connectivity index (χ4v) is 2.50. The third-order valence-electron chi connectivity index (χ3n) is 3.70. The van der Waals surface area contributed by atoms with Crippen LogP contribution in [0, 0.1) is 17.8 Å². The molecule has 0 heterocycles. The molecule has 1 unspecified atom stereocenters. The predicted molar refractivity (Wildman–Crippen MR) is 77.5 cm³/mol. The zero-order valence-corrected chi connectivity index (χ0v) is 12.8. The summed E-state index contributed by atoms with van der Waals surface area (Å²) in [6, 6.07) is 0. The minimum Gasteiger partial charge on any atom is -0.468 e. The standard InChI is InChI=1S/C8H14O2.C8H18/c9-7-10-6-8-4-2-1-3-5-8;1-5-8(4)6-7(2)3/h7-8H,1-6H2;7-8H,5-6H2,1-4H3. The van der Waals surface area contributed by atoms with Crippen LogP contribution < -0.4 is 0 Å². The van der Waals surface area contributed by atoms with E-state index < -0.39 is 0 Å². The van der Waals surface area contributed by atoms with Crippen LogP contribution in [0.2, 0.25) is 0 Å². The molecular formula is C16H32O2. The molecule has 0 saturated heterocycles. The summed E-state index contributed by atoms with van der Waals surface area (Å²) in [5, 5.41) is 0. The Balaban J connectivity index is 0.000000331. The zero-order valence-electron chi connectivity index (χ0n) is 12.8. The van der Waals surface area contributed by atoms with Crippen molar-refractivity contribution in [2.45, 2.75) is 72.6 Å². The second-order valence-corrected chi connectivity index (χ2v) is 6.08. The lowest BCUT2D eigenvalue weighted by atomic mass is 9.90. The molecule has 1 aliphatic rings. The Hall–Kier alpha value is -0.530. The van der Waals surface area contributed by atoms with E-state index in [1.165, 1.54) is 44.9 Å². The molecule has 0 N–H and O–H groups in total. The summed E-state index contributed by atoms with van der Waals surface area (Å²) in [7, 11) is 0. The molecule has 0 aromatic rings. The highest BCUT2D eigenvalue weighted by molar-refractivity contribution is 5.36. The van der Waals surface area contributed by atoms with E-state index in [9.17, 15) is 4.79 Å². The maximum absolute atomic E-state index is 9.83. The maximum Gasteiger partial charge on any atom is 0.293 e. The number of hydrogen-bond donors (Lipinski definition) is 0. The zero-order chi connectivity index (χ0) is 13.8. The van der Waals surface area contributed by atoms with Gasteiger partial charge in [0, 0.05) is 0 Å². The highest BCUT2D eigenvalue weighted by Crippen LogP contribution is 2.23. The van der Waals surface area contributed by atoms with Crippen LogP contribution in [-0.4, -0.2) is 13.1 Å². The van der Waals surface area contributed by atoms with Crippen LogP contribution in [0.15, 0.2) is 0 Å². The van der Waals surface area contributed by atoms with Crippen LogP contribution in [0.3, 0.4) is 0 Å². The number of hydrogen-bond acceptors (Lipinski definition) is 2. The summed E-state index contributed by atoms with van der Waals surface area (Å²) >= 11 is 0. The molecule has 18 heavy (non-hydrogen) atoms. The van der Waals surface area contributed by atoms with Gasteiger partial charge in [-0.2, -0.15) is 0 Å². The lowest BCUT2D eigenvalue weighted by Gasteiger charge is -2.19. The monoisotopic (exact) mass is 256 g/mol. The fourth-order valence-electron chi connectivity index (χ4n) is 2.50. The molecular weight excluding hydrogens is 224 g/mol. The minimum absolute atomic E-state index is 0.550. The quantitative estimate of drug-likeness (QED) is 0.637. The van der Waals surface area contributed by atoms with Gasteiger partial charge in [0.05, 0.1) is 6.61 Å². The molecule has 1 rings (SSSR count). The van der Waals surface area contributed by atoms with Gasteiger partial charge in [-0.3, -0.25) is 4.79 Å². The first-order valence-corrected chi connectivity index (χ1v) is 7.65. The SMILES string of the molecule is CCC(C)CC(C)C.O=COCC1CCCCC1. The Morgan fingerprint density at radius 1 is 1.17 bits per heavy atom. The number of carbonyl (C=O) groups is 1. The van der Waals surface area contributed by atoms with Crippen molar-refractivity contribution < 1.29 is 9.53 Å². The average Bonchev–Trinajstić information content (AvgIpc) is 2.37. The van der Waals surface area contributed by atoms with Crippen molar-refractivity contribution >= 4 is 6.47 Å². The van der Waals surface area contributed by atoms with Gasteiger partial charge >= 0.3 is 0 Å². The van der Waals surface area contributed by atoms with E-state index >= 15 is 0 Å². The first-order chi connectivity index (χ1) is 8.60. The second-order valence-electron chi connectivity index (χ2n) is 6.08. The molecule has 0 aromatic carbocycles. The highest BCUT2D eigenvalue weighted by Gasteiger charge is 2.12. The van der Waals surface area contributed by atoms with Crippen molar-refractivity contribution in [1.29, 1.82) is 0 Å². The van der Waals surface area contributed by atoms with E-state index in [0.29, 0.717) is 19.0 Å². The Bertz CT molecular complexity index is 184. The molecule has 1 saturated carbocycles. The Morgan fingerprint density at radius 2 is 1.78 bits per heavy atom. The predicted octanol–water partition coefficient (Wildman–Crippen LogP) is 4.82. The molecule has 0 spiro atoms. The molecule has 0 radical (unpaired) electrons. The molecule has 1 atom stereocenters. The smallest absolute Gasteiger partial charge is 0.293 e. The van der Waals surface area contributed by atoms with E-state index in [2.05, 4.69) is 27.7 Å². The number of ether oxygens (including phenoxy) is 1. The van der Waals surface area contributed by atoms with Gasteiger partial charge in [0.1, 0.15) is 0 Å². The van der Waals surface area contributed by atoms with Crippen molar-refractivity contribution in [2.24, 2.45) is 17.8 Å². The molecule has 1 fully saturated rings. The molecule has 1 aliphatic carbocycles. The van der Waals surface area contributed by atoms with Gasteiger partial charge in [-0.15, -0.1) is 0 Å².